The molecule has 42 heavy (non-hydrogen) atoms. The smallest absolute Gasteiger partial charge is 0.306 e. The van der Waals surface area contributed by atoms with Gasteiger partial charge in [0.2, 0.25) is 0 Å². The molecule has 0 amide bonds. The van der Waals surface area contributed by atoms with Gasteiger partial charge >= 0.3 is 11.9 Å². The molecule has 10 heteroatoms. The molecule has 0 rings (SSSR count). The van der Waals surface area contributed by atoms with Crippen molar-refractivity contribution in [2.24, 2.45) is 0 Å². The maximum atomic E-state index is 12.0. The fraction of sp³-hybridized carbons (Fsp3) is 0.875. The first-order valence-electron chi connectivity index (χ1n) is 15.8. The average Bonchev–Trinajstić information content (AvgIpc) is 2.79. The fourth-order valence-electron chi connectivity index (χ4n) is 4.65. The molecule has 0 aliphatic rings. The summed E-state index contributed by atoms with van der Waals surface area (Å²) in [5.41, 5.74) is 0. The Balaban J connectivity index is 0. The second kappa shape index (κ2) is 24.3. The highest BCUT2D eigenvalue weighted by molar-refractivity contribution is 5.71. The van der Waals surface area contributed by atoms with E-state index < -0.39 is 30.1 Å². The van der Waals surface area contributed by atoms with Crippen LogP contribution in [0.25, 0.3) is 0 Å². The molecule has 0 bridgehead atoms. The molecule has 0 aliphatic heterocycles. The minimum Gasteiger partial charge on any atom is -0.550 e. The van der Waals surface area contributed by atoms with E-state index in [2.05, 4.69) is 6.92 Å². The van der Waals surface area contributed by atoms with Gasteiger partial charge in [-0.1, -0.05) is 84.0 Å². The predicted octanol–water partition coefficient (Wildman–Crippen LogP) is 2.99. The number of likely N-dealkylation sites (N-methyl/N-ethyl adjacent to an activating group) is 2. The van der Waals surface area contributed by atoms with Crippen molar-refractivity contribution in [2.45, 2.75) is 129 Å². The highest BCUT2D eigenvalue weighted by Crippen LogP contribution is 2.14. The van der Waals surface area contributed by atoms with E-state index >= 15 is 0 Å². The lowest BCUT2D eigenvalue weighted by atomic mass is 10.0. The highest BCUT2D eigenvalue weighted by Gasteiger charge is 2.22. The first-order valence-corrected chi connectivity index (χ1v) is 15.8. The van der Waals surface area contributed by atoms with Gasteiger partial charge in [0.1, 0.15) is 13.1 Å². The summed E-state index contributed by atoms with van der Waals surface area (Å²) in [4.78, 5) is 43.9. The molecule has 248 valence electrons. The van der Waals surface area contributed by atoms with Crippen LogP contribution in [0.5, 0.6) is 0 Å². The van der Waals surface area contributed by atoms with Gasteiger partial charge in [-0.2, -0.15) is 0 Å². The van der Waals surface area contributed by atoms with E-state index in [-0.39, 0.29) is 18.8 Å². The van der Waals surface area contributed by atoms with Gasteiger partial charge in [0, 0.05) is 38.1 Å². The molecule has 0 aromatic heterocycles. The first-order chi connectivity index (χ1) is 19.4. The van der Waals surface area contributed by atoms with E-state index in [1.165, 1.54) is 71.1 Å². The van der Waals surface area contributed by atoms with Crippen LogP contribution in [0.1, 0.15) is 117 Å². The van der Waals surface area contributed by atoms with Gasteiger partial charge in [-0.3, -0.25) is 9.59 Å². The molecule has 10 nitrogen and oxygen atoms in total. The minimum atomic E-state index is -1.20. The molecule has 0 aliphatic carbocycles. The number of carboxylic acids is 2. The number of hydrogen-bond acceptors (Lipinski definition) is 8. The Labute approximate surface area is 255 Å². The van der Waals surface area contributed by atoms with E-state index in [1.54, 1.807) is 0 Å². The van der Waals surface area contributed by atoms with Crippen molar-refractivity contribution in [1.29, 1.82) is 0 Å². The van der Waals surface area contributed by atoms with Crippen LogP contribution in [-0.4, -0.2) is 100 Å². The van der Waals surface area contributed by atoms with E-state index in [9.17, 15) is 29.4 Å². The number of ether oxygens (including phenoxy) is 2. The zero-order valence-electron chi connectivity index (χ0n) is 28.0. The summed E-state index contributed by atoms with van der Waals surface area (Å²) in [7, 11) is 11.5. The van der Waals surface area contributed by atoms with Gasteiger partial charge in [-0.25, -0.2) is 0 Å². The number of unbranched alkanes of at least 4 members (excludes halogenated alkanes) is 12. The zero-order valence-corrected chi connectivity index (χ0v) is 28.0. The quantitative estimate of drug-likeness (QED) is 0.0936. The van der Waals surface area contributed by atoms with Gasteiger partial charge in [0.15, 0.2) is 12.2 Å². The van der Waals surface area contributed by atoms with Crippen molar-refractivity contribution < 1.29 is 47.8 Å². The summed E-state index contributed by atoms with van der Waals surface area (Å²) in [6.45, 7) is 4.44. The maximum absolute atomic E-state index is 12.0. The number of aliphatic carboxylic acids is 2. The van der Waals surface area contributed by atoms with Crippen LogP contribution in [0.4, 0.5) is 0 Å². The number of carboxylic acid groups (broad SMARTS) is 2. The Bertz CT molecular complexity index is 728. The predicted molar refractivity (Wildman–Crippen MR) is 161 cm³/mol. The van der Waals surface area contributed by atoms with E-state index in [0.29, 0.717) is 28.5 Å². The number of esters is 2. The second-order valence-electron chi connectivity index (χ2n) is 13.4. The van der Waals surface area contributed by atoms with Crippen molar-refractivity contribution in [3.63, 3.8) is 0 Å². The Hall–Kier alpha value is -2.20. The summed E-state index contributed by atoms with van der Waals surface area (Å²) in [5, 5.41) is 21.2. The van der Waals surface area contributed by atoms with Gasteiger partial charge < -0.3 is 38.2 Å². The minimum absolute atomic E-state index is 0.236. The monoisotopic (exact) mass is 602 g/mol. The van der Waals surface area contributed by atoms with Crippen molar-refractivity contribution in [1.82, 2.24) is 0 Å². The third-order valence-electron chi connectivity index (χ3n) is 6.41. The van der Waals surface area contributed by atoms with Crippen LogP contribution in [0.15, 0.2) is 0 Å². The third-order valence-corrected chi connectivity index (χ3v) is 6.41. The lowest BCUT2D eigenvalue weighted by molar-refractivity contribution is -0.873. The molecular formula is C32H62N2O8. The van der Waals surface area contributed by atoms with Crippen LogP contribution in [-0.2, 0) is 28.7 Å². The van der Waals surface area contributed by atoms with Crippen molar-refractivity contribution >= 4 is 23.9 Å². The average molecular weight is 603 g/mol. The fourth-order valence-corrected chi connectivity index (χ4v) is 4.65. The Morgan fingerprint density at radius 2 is 0.905 bits per heavy atom. The molecule has 0 aromatic rings. The third kappa shape index (κ3) is 34.0. The molecule has 0 heterocycles. The summed E-state index contributed by atoms with van der Waals surface area (Å²) in [6, 6.07) is 0. The molecule has 0 aromatic carbocycles. The largest absolute Gasteiger partial charge is 0.550 e. The number of quaternary nitrogens is 2. The van der Waals surface area contributed by atoms with Crippen molar-refractivity contribution in [3.8, 4) is 0 Å². The van der Waals surface area contributed by atoms with Crippen LogP contribution in [0.3, 0.4) is 0 Å². The Morgan fingerprint density at radius 3 is 1.21 bits per heavy atom. The summed E-state index contributed by atoms with van der Waals surface area (Å²) < 4.78 is 11.3. The molecule has 0 spiro atoms. The molecule has 0 saturated carbocycles. The standard InChI is InChI=1S/C23H45NO4.C9H17NO4/c1-5-6-7-8-9-10-11-12-13-14-15-16-17-18-23(27)28-21(19-22(25)26)20-24(2,3)4;1-7(11)14-8(5-9(12)13)6-10(2,3)4/h21H,5-20H2,1-4H3;8H,5-6H2,1-4H3. The molecular weight excluding hydrogens is 540 g/mol. The van der Waals surface area contributed by atoms with Gasteiger partial charge in [0.05, 0.1) is 42.3 Å². The van der Waals surface area contributed by atoms with Crippen LogP contribution >= 0.6 is 0 Å². The van der Waals surface area contributed by atoms with Crippen LogP contribution in [0, 0.1) is 0 Å². The Morgan fingerprint density at radius 1 is 0.571 bits per heavy atom. The number of carbonyl (C=O) groups excluding carboxylic acids is 4. The highest BCUT2D eigenvalue weighted by atomic mass is 16.5. The van der Waals surface area contributed by atoms with Gasteiger partial charge in [-0.15, -0.1) is 0 Å². The number of carbonyl (C=O) groups is 4. The number of hydrogen-bond donors (Lipinski definition) is 0. The summed E-state index contributed by atoms with van der Waals surface area (Å²) >= 11 is 0. The lowest BCUT2D eigenvalue weighted by Crippen LogP contribution is -2.45. The topological polar surface area (TPSA) is 133 Å². The normalized spacial score (nSPS) is 13.0. The lowest BCUT2D eigenvalue weighted by Gasteiger charge is -2.29. The van der Waals surface area contributed by atoms with Crippen LogP contribution in [0.2, 0.25) is 0 Å². The molecule has 0 saturated heterocycles. The molecule has 0 radical (unpaired) electrons. The van der Waals surface area contributed by atoms with Gasteiger partial charge in [0.25, 0.3) is 0 Å². The summed E-state index contributed by atoms with van der Waals surface area (Å²) in [5.74, 6) is -3.13. The van der Waals surface area contributed by atoms with Crippen molar-refractivity contribution in [3.05, 3.63) is 0 Å². The molecule has 0 fully saturated rings. The first kappa shape index (κ1) is 41.9. The van der Waals surface area contributed by atoms with E-state index in [0.717, 1.165) is 19.3 Å². The number of nitrogens with zero attached hydrogens (tertiary/aromatic N) is 2. The van der Waals surface area contributed by atoms with Crippen molar-refractivity contribution in [2.75, 3.05) is 55.4 Å². The zero-order chi connectivity index (χ0) is 32.6. The molecule has 0 N–H and O–H groups in total. The Kier molecular flexibility index (Phi) is 24.2. The van der Waals surface area contributed by atoms with Crippen LogP contribution < -0.4 is 10.2 Å². The molecule has 2 atom stereocenters. The van der Waals surface area contributed by atoms with E-state index in [4.69, 9.17) is 9.47 Å². The molecule has 2 unspecified atom stereocenters. The van der Waals surface area contributed by atoms with Gasteiger partial charge in [-0.05, 0) is 6.42 Å². The maximum Gasteiger partial charge on any atom is 0.306 e. The number of rotatable bonds is 24. The second-order valence-corrected chi connectivity index (χ2v) is 13.4. The SMILES string of the molecule is CC(=O)OC(CC(=O)[O-])C[N+](C)(C)C.CCCCCCCCCCCCCCCC(=O)OC(CC(=O)[O-])C[N+](C)(C)C. The summed E-state index contributed by atoms with van der Waals surface area (Å²) in [6.07, 6.45) is 15.1. The van der Waals surface area contributed by atoms with E-state index in [1.807, 2.05) is 42.3 Å².